The van der Waals surface area contributed by atoms with Crippen molar-refractivity contribution in [1.82, 2.24) is 0 Å². The molecule has 0 bridgehead atoms. The fourth-order valence-corrected chi connectivity index (χ4v) is 5.99. The number of carbonyl (C=O) groups is 1. The summed E-state index contributed by atoms with van der Waals surface area (Å²) in [4.78, 5) is 11.8. The molecule has 0 aromatic heterocycles. The molecule has 0 aliphatic heterocycles. The van der Waals surface area contributed by atoms with E-state index in [1.165, 1.54) is 103 Å². The summed E-state index contributed by atoms with van der Waals surface area (Å²) in [5, 5.41) is 9.74. The van der Waals surface area contributed by atoms with Crippen LogP contribution in [0.2, 0.25) is 0 Å². The third-order valence-corrected chi connectivity index (χ3v) is 8.06. The lowest BCUT2D eigenvalue weighted by Gasteiger charge is -2.29. The molecule has 2 heteroatoms. The molecule has 0 heterocycles. The van der Waals surface area contributed by atoms with Gasteiger partial charge in [-0.2, -0.15) is 0 Å². The van der Waals surface area contributed by atoms with Crippen LogP contribution in [0.5, 0.6) is 0 Å². The minimum atomic E-state index is -0.605. The van der Waals surface area contributed by atoms with Crippen molar-refractivity contribution in [1.29, 1.82) is 0 Å². The Hall–Kier alpha value is -0.530. The van der Waals surface area contributed by atoms with Crippen LogP contribution in [0.4, 0.5) is 0 Å². The number of unbranched alkanes of at least 4 members (excludes halogenated alkanes) is 14. The van der Waals surface area contributed by atoms with Crippen molar-refractivity contribution in [3.63, 3.8) is 0 Å². The van der Waals surface area contributed by atoms with E-state index in [-0.39, 0.29) is 0 Å². The molecule has 4 atom stereocenters. The van der Waals surface area contributed by atoms with Gasteiger partial charge in [0.1, 0.15) is 0 Å². The molecule has 0 radical (unpaired) electrons. The van der Waals surface area contributed by atoms with Gasteiger partial charge in [0.15, 0.2) is 0 Å². The Morgan fingerprint density at radius 1 is 0.618 bits per heavy atom. The van der Waals surface area contributed by atoms with Crippen LogP contribution in [0.3, 0.4) is 0 Å². The zero-order valence-corrected chi connectivity index (χ0v) is 24.4. The SMILES string of the molecule is CCCCCCCCCCCCCCCCC(C)CC(C)CC(C)CC(C)(CCCC)C(=O)O. The smallest absolute Gasteiger partial charge is 0.309 e. The molecule has 1 N–H and O–H groups in total. The van der Waals surface area contributed by atoms with Gasteiger partial charge in [0.25, 0.3) is 0 Å². The molecule has 204 valence electrons. The number of carboxylic acid groups (broad SMARTS) is 1. The first-order valence-electron chi connectivity index (χ1n) is 15.5. The quantitative estimate of drug-likeness (QED) is 0.132. The van der Waals surface area contributed by atoms with Crippen LogP contribution < -0.4 is 0 Å². The Kier molecular flexibility index (Phi) is 21.4. The second-order valence-corrected chi connectivity index (χ2v) is 12.3. The van der Waals surface area contributed by atoms with Crippen molar-refractivity contribution in [2.24, 2.45) is 23.2 Å². The lowest BCUT2D eigenvalue weighted by Crippen LogP contribution is -2.30. The molecule has 0 spiro atoms. The standard InChI is InChI=1S/C32H64O2/c1-7-9-11-12-13-14-15-16-17-18-19-20-21-22-23-28(3)25-29(4)26-30(5)27-32(6,31(33)34)24-10-8-2/h28-30H,7-27H2,1-6H3,(H,33,34). The van der Waals surface area contributed by atoms with Gasteiger partial charge in [-0.3, -0.25) is 4.79 Å². The first kappa shape index (κ1) is 33.5. The lowest BCUT2D eigenvalue weighted by molar-refractivity contribution is -0.149. The second-order valence-electron chi connectivity index (χ2n) is 12.3. The molecule has 0 saturated heterocycles. The van der Waals surface area contributed by atoms with Gasteiger partial charge >= 0.3 is 5.97 Å². The third kappa shape index (κ3) is 18.8. The molecule has 34 heavy (non-hydrogen) atoms. The lowest BCUT2D eigenvalue weighted by atomic mass is 9.75. The van der Waals surface area contributed by atoms with Gasteiger partial charge in [-0.15, -0.1) is 0 Å². The summed E-state index contributed by atoms with van der Waals surface area (Å²) in [7, 11) is 0. The normalized spacial score (nSPS) is 16.2. The topological polar surface area (TPSA) is 37.3 Å². The summed E-state index contributed by atoms with van der Waals surface area (Å²) in [6, 6.07) is 0. The van der Waals surface area contributed by atoms with Crippen molar-refractivity contribution in [3.05, 3.63) is 0 Å². The zero-order chi connectivity index (χ0) is 25.7. The highest BCUT2D eigenvalue weighted by Crippen LogP contribution is 2.35. The molecular formula is C32H64O2. The first-order valence-corrected chi connectivity index (χ1v) is 15.5. The number of hydrogen-bond acceptors (Lipinski definition) is 1. The van der Waals surface area contributed by atoms with Gasteiger partial charge in [0, 0.05) is 0 Å². The minimum Gasteiger partial charge on any atom is -0.481 e. The molecule has 2 nitrogen and oxygen atoms in total. The maximum atomic E-state index is 11.8. The predicted octanol–water partition coefficient (Wildman–Crippen LogP) is 11.2. The van der Waals surface area contributed by atoms with E-state index in [0.717, 1.165) is 38.0 Å². The molecule has 0 rings (SSSR count). The molecule has 0 aliphatic carbocycles. The first-order chi connectivity index (χ1) is 16.2. The minimum absolute atomic E-state index is 0.487. The van der Waals surface area contributed by atoms with E-state index in [1.807, 2.05) is 6.92 Å². The van der Waals surface area contributed by atoms with Crippen molar-refractivity contribution in [2.45, 2.75) is 176 Å². The van der Waals surface area contributed by atoms with E-state index in [9.17, 15) is 9.90 Å². The van der Waals surface area contributed by atoms with E-state index < -0.39 is 11.4 Å². The Labute approximate surface area is 215 Å². The van der Waals surface area contributed by atoms with E-state index in [2.05, 4.69) is 34.6 Å². The fourth-order valence-electron chi connectivity index (χ4n) is 5.99. The van der Waals surface area contributed by atoms with E-state index >= 15 is 0 Å². The van der Waals surface area contributed by atoms with E-state index in [1.54, 1.807) is 0 Å². The maximum Gasteiger partial charge on any atom is 0.309 e. The predicted molar refractivity (Wildman–Crippen MR) is 152 cm³/mol. The van der Waals surface area contributed by atoms with Crippen molar-refractivity contribution in [3.8, 4) is 0 Å². The van der Waals surface area contributed by atoms with Gasteiger partial charge in [-0.25, -0.2) is 0 Å². The van der Waals surface area contributed by atoms with Crippen LogP contribution in [-0.2, 0) is 4.79 Å². The van der Waals surface area contributed by atoms with Crippen LogP contribution in [0.1, 0.15) is 176 Å². The molecule has 0 saturated carbocycles. The summed E-state index contributed by atoms with van der Waals surface area (Å²) in [5.74, 6) is 1.37. The van der Waals surface area contributed by atoms with Crippen molar-refractivity contribution < 1.29 is 9.90 Å². The number of hydrogen-bond donors (Lipinski definition) is 1. The molecule has 0 amide bonds. The molecule has 0 fully saturated rings. The highest BCUT2D eigenvalue weighted by Gasteiger charge is 2.34. The van der Waals surface area contributed by atoms with Crippen molar-refractivity contribution >= 4 is 5.97 Å². The third-order valence-electron chi connectivity index (χ3n) is 8.06. The number of rotatable bonds is 25. The Morgan fingerprint density at radius 3 is 1.47 bits per heavy atom. The second kappa shape index (κ2) is 21.7. The molecule has 0 aromatic carbocycles. The average Bonchev–Trinajstić information content (AvgIpc) is 2.77. The Bertz CT molecular complexity index is 460. The van der Waals surface area contributed by atoms with Gasteiger partial charge in [0.2, 0.25) is 0 Å². The maximum absolute atomic E-state index is 11.8. The number of carboxylic acids is 1. The summed E-state index contributed by atoms with van der Waals surface area (Å²) in [6.07, 6.45) is 27.5. The molecule has 4 unspecified atom stereocenters. The van der Waals surface area contributed by atoms with Crippen LogP contribution >= 0.6 is 0 Å². The molecular weight excluding hydrogens is 416 g/mol. The largest absolute Gasteiger partial charge is 0.481 e. The van der Waals surface area contributed by atoms with Crippen LogP contribution in [0.15, 0.2) is 0 Å². The highest BCUT2D eigenvalue weighted by molar-refractivity contribution is 5.74. The Balaban J connectivity index is 3.74. The summed E-state index contributed by atoms with van der Waals surface area (Å²) >= 11 is 0. The van der Waals surface area contributed by atoms with Gasteiger partial charge < -0.3 is 5.11 Å². The van der Waals surface area contributed by atoms with Crippen molar-refractivity contribution in [2.75, 3.05) is 0 Å². The van der Waals surface area contributed by atoms with Gasteiger partial charge in [-0.05, 0) is 50.4 Å². The van der Waals surface area contributed by atoms with Crippen LogP contribution in [0.25, 0.3) is 0 Å². The Morgan fingerprint density at radius 2 is 1.03 bits per heavy atom. The highest BCUT2D eigenvalue weighted by atomic mass is 16.4. The average molecular weight is 481 g/mol. The number of aliphatic carboxylic acids is 1. The molecule has 0 aromatic rings. The van der Waals surface area contributed by atoms with Gasteiger partial charge in [0.05, 0.1) is 5.41 Å². The molecule has 0 aliphatic rings. The van der Waals surface area contributed by atoms with Gasteiger partial charge in [-0.1, -0.05) is 144 Å². The summed E-state index contributed by atoms with van der Waals surface area (Å²) in [5.41, 5.74) is -0.547. The van der Waals surface area contributed by atoms with E-state index in [4.69, 9.17) is 0 Å². The fraction of sp³-hybridized carbons (Fsp3) is 0.969. The zero-order valence-electron chi connectivity index (χ0n) is 24.4. The summed E-state index contributed by atoms with van der Waals surface area (Å²) in [6.45, 7) is 13.5. The van der Waals surface area contributed by atoms with Crippen LogP contribution in [-0.4, -0.2) is 11.1 Å². The summed E-state index contributed by atoms with van der Waals surface area (Å²) < 4.78 is 0. The van der Waals surface area contributed by atoms with Crippen LogP contribution in [0, 0.1) is 23.2 Å². The van der Waals surface area contributed by atoms with E-state index in [0.29, 0.717) is 11.8 Å². The monoisotopic (exact) mass is 480 g/mol.